The fourth-order valence-corrected chi connectivity index (χ4v) is 6.81. The highest BCUT2D eigenvalue weighted by Crippen LogP contribution is 2.26. The average molecular weight is 495 g/mol. The molecule has 0 radical (unpaired) electrons. The van der Waals surface area contributed by atoms with Crippen LogP contribution in [0.25, 0.3) is 0 Å². The van der Waals surface area contributed by atoms with Gasteiger partial charge in [0.15, 0.2) is 9.84 Å². The van der Waals surface area contributed by atoms with E-state index in [0.717, 1.165) is 12.1 Å². The zero-order chi connectivity index (χ0) is 21.9. The molecule has 0 N–H and O–H groups in total. The van der Waals surface area contributed by atoms with Crippen molar-refractivity contribution in [1.29, 1.82) is 0 Å². The Morgan fingerprint density at radius 3 is 2.30 bits per heavy atom. The van der Waals surface area contributed by atoms with Gasteiger partial charge in [0.1, 0.15) is 5.82 Å². The van der Waals surface area contributed by atoms with Crippen molar-refractivity contribution in [2.45, 2.75) is 16.2 Å². The number of halogens is 3. The van der Waals surface area contributed by atoms with Gasteiger partial charge < -0.3 is 4.90 Å². The minimum absolute atomic E-state index is 0.00740. The lowest BCUT2D eigenvalue weighted by molar-refractivity contribution is 0.302. The fourth-order valence-electron chi connectivity index (χ4n) is 3.24. The largest absolute Gasteiger partial charge is 0.301 e. The van der Waals surface area contributed by atoms with E-state index in [1.165, 1.54) is 34.6 Å². The third-order valence-corrected chi connectivity index (χ3v) is 9.22. The van der Waals surface area contributed by atoms with Crippen LogP contribution in [0.2, 0.25) is 10.0 Å². The second-order valence-corrected chi connectivity index (χ2v) is 11.8. The monoisotopic (exact) mass is 494 g/mol. The summed E-state index contributed by atoms with van der Waals surface area (Å²) < 4.78 is 65.4. The summed E-state index contributed by atoms with van der Waals surface area (Å²) in [7, 11) is -7.37. The number of rotatable bonds is 6. The van der Waals surface area contributed by atoms with E-state index >= 15 is 0 Å². The number of hydrogen-bond donors (Lipinski definition) is 0. The molecule has 2 aromatic rings. The van der Waals surface area contributed by atoms with Crippen LogP contribution in [0.5, 0.6) is 0 Å². The van der Waals surface area contributed by atoms with E-state index in [1.54, 1.807) is 0 Å². The molecule has 0 amide bonds. The van der Waals surface area contributed by atoms with Crippen molar-refractivity contribution in [3.63, 3.8) is 0 Å². The zero-order valence-electron chi connectivity index (χ0n) is 16.0. The Bertz CT molecular complexity index is 1110. The Morgan fingerprint density at radius 2 is 1.60 bits per heavy atom. The van der Waals surface area contributed by atoms with Gasteiger partial charge in [-0.05, 0) is 55.4 Å². The maximum Gasteiger partial charge on any atom is 0.243 e. The molecule has 164 valence electrons. The normalized spacial score (nSPS) is 17.0. The van der Waals surface area contributed by atoms with E-state index in [2.05, 4.69) is 0 Å². The van der Waals surface area contributed by atoms with Gasteiger partial charge in [-0.15, -0.1) is 0 Å². The maximum atomic E-state index is 13.1. The summed E-state index contributed by atoms with van der Waals surface area (Å²) >= 11 is 11.9. The van der Waals surface area contributed by atoms with Gasteiger partial charge in [0.05, 0.1) is 20.6 Å². The topological polar surface area (TPSA) is 74.8 Å². The van der Waals surface area contributed by atoms with Gasteiger partial charge in [0.2, 0.25) is 10.0 Å². The molecule has 30 heavy (non-hydrogen) atoms. The van der Waals surface area contributed by atoms with Gasteiger partial charge in [-0.2, -0.15) is 4.31 Å². The molecule has 11 heteroatoms. The van der Waals surface area contributed by atoms with E-state index in [1.807, 2.05) is 4.90 Å². The predicted octanol–water partition coefficient (Wildman–Crippen LogP) is 3.30. The summed E-state index contributed by atoms with van der Waals surface area (Å²) in [4.78, 5) is 1.94. The molecule has 1 heterocycles. The first-order valence-electron chi connectivity index (χ1n) is 9.25. The van der Waals surface area contributed by atoms with Gasteiger partial charge in [-0.3, -0.25) is 0 Å². The van der Waals surface area contributed by atoms with E-state index < -0.39 is 25.7 Å². The molecule has 3 rings (SSSR count). The zero-order valence-corrected chi connectivity index (χ0v) is 19.1. The van der Waals surface area contributed by atoms with Gasteiger partial charge >= 0.3 is 0 Å². The molecule has 0 bridgehead atoms. The molecule has 1 saturated heterocycles. The van der Waals surface area contributed by atoms with Crippen molar-refractivity contribution < 1.29 is 21.2 Å². The second kappa shape index (κ2) is 9.50. The second-order valence-electron chi connectivity index (χ2n) is 6.95. The summed E-state index contributed by atoms with van der Waals surface area (Å²) in [5.41, 5.74) is 0. The number of sulfone groups is 1. The molecular formula is C19H21Cl2FN2O4S2. The molecule has 1 fully saturated rings. The molecule has 1 aliphatic heterocycles. The highest BCUT2D eigenvalue weighted by atomic mass is 35.5. The van der Waals surface area contributed by atoms with Crippen molar-refractivity contribution in [1.82, 2.24) is 9.21 Å². The van der Waals surface area contributed by atoms with Crippen LogP contribution in [0.3, 0.4) is 0 Å². The highest BCUT2D eigenvalue weighted by molar-refractivity contribution is 7.91. The van der Waals surface area contributed by atoms with E-state index in [-0.39, 0.29) is 38.7 Å². The Labute approximate surface area is 186 Å². The van der Waals surface area contributed by atoms with Crippen LogP contribution in [0.4, 0.5) is 4.39 Å². The first kappa shape index (κ1) is 23.4. The van der Waals surface area contributed by atoms with Crippen LogP contribution in [0, 0.1) is 5.82 Å². The average Bonchev–Trinajstić information content (AvgIpc) is 2.95. The van der Waals surface area contributed by atoms with Crippen LogP contribution in [0.15, 0.2) is 52.3 Å². The molecule has 0 aliphatic carbocycles. The van der Waals surface area contributed by atoms with Crippen molar-refractivity contribution in [2.75, 3.05) is 38.5 Å². The fraction of sp³-hybridized carbons (Fsp3) is 0.368. The van der Waals surface area contributed by atoms with Crippen LogP contribution < -0.4 is 0 Å². The first-order valence-corrected chi connectivity index (χ1v) is 13.1. The van der Waals surface area contributed by atoms with Crippen molar-refractivity contribution in [3.05, 3.63) is 58.3 Å². The summed E-state index contributed by atoms with van der Waals surface area (Å²) in [6.07, 6.45) is 0.554. The van der Waals surface area contributed by atoms with Crippen molar-refractivity contribution in [2.24, 2.45) is 0 Å². The third-order valence-electron chi connectivity index (χ3n) is 4.90. The Balaban J connectivity index is 1.64. The van der Waals surface area contributed by atoms with E-state index in [4.69, 9.17) is 23.2 Å². The molecule has 0 saturated carbocycles. The standard InChI is InChI=1S/C19H21Cl2FN2O4S2/c20-15-2-7-18(21)19(14-15)29(25,26)13-12-23-8-1-9-24(11-10-23)30(27,28)17-5-3-16(22)4-6-17/h2-7,14H,1,8-13H2. The lowest BCUT2D eigenvalue weighted by Crippen LogP contribution is -2.36. The first-order chi connectivity index (χ1) is 14.1. The summed E-state index contributed by atoms with van der Waals surface area (Å²) in [5.74, 6) is -0.658. The number of nitrogens with zero attached hydrogens (tertiary/aromatic N) is 2. The van der Waals surface area contributed by atoms with Crippen LogP contribution in [-0.2, 0) is 19.9 Å². The lowest BCUT2D eigenvalue weighted by atomic mass is 10.4. The molecular weight excluding hydrogens is 474 g/mol. The van der Waals surface area contributed by atoms with Gasteiger partial charge in [-0.25, -0.2) is 21.2 Å². The Hall–Kier alpha value is -1.23. The van der Waals surface area contributed by atoms with E-state index in [0.29, 0.717) is 26.1 Å². The predicted molar refractivity (Wildman–Crippen MR) is 115 cm³/mol. The van der Waals surface area contributed by atoms with Crippen LogP contribution >= 0.6 is 23.2 Å². The Morgan fingerprint density at radius 1 is 0.900 bits per heavy atom. The van der Waals surface area contributed by atoms with Crippen molar-refractivity contribution >= 4 is 43.1 Å². The molecule has 0 unspecified atom stereocenters. The molecule has 0 spiro atoms. The van der Waals surface area contributed by atoms with Crippen LogP contribution in [-0.4, -0.2) is 64.5 Å². The molecule has 1 aliphatic rings. The summed E-state index contributed by atoms with van der Waals surface area (Å²) in [6, 6.07) is 9.02. The minimum Gasteiger partial charge on any atom is -0.301 e. The number of sulfonamides is 1. The molecule has 6 nitrogen and oxygen atoms in total. The van der Waals surface area contributed by atoms with Crippen molar-refractivity contribution in [3.8, 4) is 0 Å². The minimum atomic E-state index is -3.73. The smallest absolute Gasteiger partial charge is 0.243 e. The number of benzene rings is 2. The summed E-state index contributed by atoms with van der Waals surface area (Å²) in [6.45, 7) is 1.73. The maximum absolute atomic E-state index is 13.1. The molecule has 0 aromatic heterocycles. The third kappa shape index (κ3) is 5.52. The summed E-state index contributed by atoms with van der Waals surface area (Å²) in [5, 5.41) is 0.404. The SMILES string of the molecule is O=S(=O)(CCN1CCCN(S(=O)(=O)c2ccc(F)cc2)CC1)c1cc(Cl)ccc1Cl. The van der Waals surface area contributed by atoms with Gasteiger partial charge in [-0.1, -0.05) is 23.2 Å². The lowest BCUT2D eigenvalue weighted by Gasteiger charge is -2.22. The van der Waals surface area contributed by atoms with Gasteiger partial charge in [0, 0.05) is 31.2 Å². The van der Waals surface area contributed by atoms with Gasteiger partial charge in [0.25, 0.3) is 0 Å². The molecule has 2 aromatic carbocycles. The number of hydrogen-bond acceptors (Lipinski definition) is 5. The highest BCUT2D eigenvalue weighted by Gasteiger charge is 2.28. The van der Waals surface area contributed by atoms with Crippen LogP contribution in [0.1, 0.15) is 6.42 Å². The Kier molecular flexibility index (Phi) is 7.42. The van der Waals surface area contributed by atoms with E-state index in [9.17, 15) is 21.2 Å². The quantitative estimate of drug-likeness (QED) is 0.615. The molecule has 0 atom stereocenters.